The van der Waals surface area contributed by atoms with Gasteiger partial charge in [0.05, 0.1) is 24.2 Å². The molecule has 3 aromatic heterocycles. The fourth-order valence-corrected chi connectivity index (χ4v) is 4.58. The summed E-state index contributed by atoms with van der Waals surface area (Å²) in [7, 11) is 0. The Hall–Kier alpha value is -2.59. The Bertz CT molecular complexity index is 1010. The molecule has 160 valence electrons. The van der Waals surface area contributed by atoms with E-state index in [0.29, 0.717) is 33.9 Å². The number of anilines is 1. The molecule has 0 unspecified atom stereocenters. The molecule has 3 aromatic rings. The zero-order chi connectivity index (χ0) is 21.7. The van der Waals surface area contributed by atoms with Crippen molar-refractivity contribution in [2.24, 2.45) is 0 Å². The van der Waals surface area contributed by atoms with E-state index in [1.807, 2.05) is 31.4 Å². The van der Waals surface area contributed by atoms with Crippen molar-refractivity contribution >= 4 is 40.0 Å². The first-order chi connectivity index (χ1) is 14.4. The van der Waals surface area contributed by atoms with Crippen LogP contribution in [0.4, 0.5) is 5.00 Å². The van der Waals surface area contributed by atoms with Crippen molar-refractivity contribution in [2.75, 3.05) is 17.7 Å². The van der Waals surface area contributed by atoms with Gasteiger partial charge in [0.1, 0.15) is 5.00 Å². The number of thiophene rings is 1. The highest BCUT2D eigenvalue weighted by molar-refractivity contribution is 7.99. The van der Waals surface area contributed by atoms with Crippen LogP contribution in [0.15, 0.2) is 34.0 Å². The molecule has 3 heterocycles. The molecule has 1 amide bonds. The zero-order valence-corrected chi connectivity index (χ0v) is 18.9. The lowest BCUT2D eigenvalue weighted by Gasteiger charge is -2.07. The van der Waals surface area contributed by atoms with Gasteiger partial charge in [-0.2, -0.15) is 0 Å². The zero-order valence-electron chi connectivity index (χ0n) is 17.3. The predicted octanol–water partition coefficient (Wildman–Crippen LogP) is 4.65. The number of nitrogens with one attached hydrogen (secondary N) is 1. The highest BCUT2D eigenvalue weighted by atomic mass is 32.2. The van der Waals surface area contributed by atoms with E-state index in [2.05, 4.69) is 15.5 Å². The second-order valence-corrected chi connectivity index (χ2v) is 8.66. The lowest BCUT2D eigenvalue weighted by molar-refractivity contribution is -0.113. The van der Waals surface area contributed by atoms with Crippen molar-refractivity contribution in [1.29, 1.82) is 0 Å². The van der Waals surface area contributed by atoms with Crippen LogP contribution in [0.3, 0.4) is 0 Å². The van der Waals surface area contributed by atoms with E-state index < -0.39 is 5.97 Å². The normalized spacial score (nSPS) is 11.1. The third kappa shape index (κ3) is 4.93. The molecule has 0 atom stereocenters. The highest BCUT2D eigenvalue weighted by Gasteiger charge is 2.21. The van der Waals surface area contributed by atoms with Gasteiger partial charge >= 0.3 is 5.97 Å². The molecule has 0 saturated heterocycles. The number of thioether (sulfide) groups is 1. The van der Waals surface area contributed by atoms with E-state index in [1.54, 1.807) is 25.3 Å². The monoisotopic (exact) mass is 448 g/mol. The van der Waals surface area contributed by atoms with Gasteiger partial charge in [0.2, 0.25) is 5.91 Å². The lowest BCUT2D eigenvalue weighted by Crippen LogP contribution is -2.16. The van der Waals surface area contributed by atoms with Crippen LogP contribution in [0.25, 0.3) is 11.6 Å². The third-order valence-electron chi connectivity index (χ3n) is 4.18. The summed E-state index contributed by atoms with van der Waals surface area (Å²) in [6.45, 7) is 8.73. The Kier molecular flexibility index (Phi) is 7.33. The van der Waals surface area contributed by atoms with Gasteiger partial charge in [0.25, 0.3) is 0 Å². The minimum Gasteiger partial charge on any atom is -0.462 e. The molecule has 3 rings (SSSR count). The Morgan fingerprint density at radius 1 is 1.33 bits per heavy atom. The number of furan rings is 1. The summed E-state index contributed by atoms with van der Waals surface area (Å²) in [5, 5.41) is 12.3. The number of carbonyl (C=O) groups is 2. The quantitative estimate of drug-likeness (QED) is 0.376. The van der Waals surface area contributed by atoms with E-state index in [1.165, 1.54) is 23.1 Å². The summed E-state index contributed by atoms with van der Waals surface area (Å²) in [4.78, 5) is 25.8. The number of esters is 1. The van der Waals surface area contributed by atoms with Gasteiger partial charge in [-0.15, -0.1) is 21.5 Å². The van der Waals surface area contributed by atoms with Gasteiger partial charge in [-0.25, -0.2) is 4.79 Å². The molecule has 0 spiro atoms. The smallest absolute Gasteiger partial charge is 0.341 e. The highest BCUT2D eigenvalue weighted by Crippen LogP contribution is 2.34. The number of nitrogens with zero attached hydrogens (tertiary/aromatic N) is 3. The van der Waals surface area contributed by atoms with Crippen LogP contribution in [0, 0.1) is 0 Å². The van der Waals surface area contributed by atoms with Crippen molar-refractivity contribution in [2.45, 2.75) is 45.3 Å². The summed E-state index contributed by atoms with van der Waals surface area (Å²) in [5.41, 5.74) is 0.390. The minimum absolute atomic E-state index is 0.132. The standard InChI is InChI=1S/C20H24N4O4S2/c1-5-24-17(14-8-7-9-28-14)22-23-20(24)29-11-16(25)21-18-13(19(26)27-6-2)10-15(30-18)12(3)4/h7-10,12H,5-6,11H2,1-4H3,(H,21,25). The van der Waals surface area contributed by atoms with Gasteiger partial charge in [0.15, 0.2) is 16.7 Å². The van der Waals surface area contributed by atoms with E-state index in [4.69, 9.17) is 9.15 Å². The van der Waals surface area contributed by atoms with Gasteiger partial charge < -0.3 is 14.5 Å². The van der Waals surface area contributed by atoms with Crippen LogP contribution in [0.2, 0.25) is 0 Å². The maximum atomic E-state index is 12.6. The van der Waals surface area contributed by atoms with Crippen LogP contribution < -0.4 is 5.32 Å². The van der Waals surface area contributed by atoms with E-state index >= 15 is 0 Å². The van der Waals surface area contributed by atoms with Gasteiger partial charge in [-0.05, 0) is 38.0 Å². The lowest BCUT2D eigenvalue weighted by atomic mass is 10.1. The Morgan fingerprint density at radius 2 is 2.13 bits per heavy atom. The van der Waals surface area contributed by atoms with Crippen LogP contribution >= 0.6 is 23.1 Å². The first-order valence-corrected chi connectivity index (χ1v) is 11.4. The van der Waals surface area contributed by atoms with Crippen LogP contribution in [-0.2, 0) is 16.1 Å². The fourth-order valence-electron chi connectivity index (χ4n) is 2.71. The second kappa shape index (κ2) is 9.94. The molecule has 1 N–H and O–H groups in total. The number of aromatic nitrogens is 3. The average molecular weight is 449 g/mol. The Labute approximate surface area is 183 Å². The topological polar surface area (TPSA) is 99.2 Å². The number of carbonyl (C=O) groups excluding carboxylic acids is 2. The summed E-state index contributed by atoms with van der Waals surface area (Å²) >= 11 is 2.67. The van der Waals surface area contributed by atoms with Crippen LogP contribution in [0.5, 0.6) is 0 Å². The molecule has 0 fully saturated rings. The number of ether oxygens (including phenoxy) is 1. The summed E-state index contributed by atoms with van der Waals surface area (Å²) in [5.74, 6) is 0.957. The number of hydrogen-bond donors (Lipinski definition) is 1. The first kappa shape index (κ1) is 22.1. The van der Waals surface area contributed by atoms with E-state index in [9.17, 15) is 9.59 Å². The summed E-state index contributed by atoms with van der Waals surface area (Å²) in [6, 6.07) is 5.40. The molecule has 0 bridgehead atoms. The molecule has 0 saturated carbocycles. The first-order valence-electron chi connectivity index (χ1n) is 9.65. The number of amides is 1. The summed E-state index contributed by atoms with van der Waals surface area (Å²) in [6.07, 6.45) is 1.58. The van der Waals surface area contributed by atoms with Crippen LogP contribution in [-0.4, -0.2) is 39.0 Å². The third-order valence-corrected chi connectivity index (χ3v) is 6.49. The molecular weight excluding hydrogens is 424 g/mol. The molecule has 0 aliphatic carbocycles. The SMILES string of the molecule is CCOC(=O)c1cc(C(C)C)sc1NC(=O)CSc1nnc(-c2ccco2)n1CC. The van der Waals surface area contributed by atoms with Crippen molar-refractivity contribution in [3.8, 4) is 11.6 Å². The molecule has 30 heavy (non-hydrogen) atoms. The van der Waals surface area contributed by atoms with E-state index in [-0.39, 0.29) is 24.2 Å². The van der Waals surface area contributed by atoms with Gasteiger partial charge in [-0.1, -0.05) is 25.6 Å². The van der Waals surface area contributed by atoms with E-state index in [0.717, 1.165) is 4.88 Å². The molecule has 0 aromatic carbocycles. The number of rotatable bonds is 9. The predicted molar refractivity (Wildman–Crippen MR) is 117 cm³/mol. The fraction of sp³-hybridized carbons (Fsp3) is 0.400. The van der Waals surface area contributed by atoms with Gasteiger partial charge in [0, 0.05) is 11.4 Å². The largest absolute Gasteiger partial charge is 0.462 e. The van der Waals surface area contributed by atoms with Crippen LogP contribution in [0.1, 0.15) is 48.8 Å². The minimum atomic E-state index is -0.433. The summed E-state index contributed by atoms with van der Waals surface area (Å²) < 4.78 is 12.4. The molecule has 0 aliphatic rings. The molecule has 0 radical (unpaired) electrons. The maximum absolute atomic E-state index is 12.6. The molecule has 0 aliphatic heterocycles. The van der Waals surface area contributed by atoms with Crippen molar-refractivity contribution in [1.82, 2.24) is 14.8 Å². The second-order valence-electron chi connectivity index (χ2n) is 6.63. The van der Waals surface area contributed by atoms with Crippen molar-refractivity contribution < 1.29 is 18.7 Å². The maximum Gasteiger partial charge on any atom is 0.341 e. The Morgan fingerprint density at radius 3 is 2.77 bits per heavy atom. The molecular formula is C20H24N4O4S2. The van der Waals surface area contributed by atoms with Crippen molar-refractivity contribution in [3.05, 3.63) is 34.9 Å². The molecule has 8 nitrogen and oxygen atoms in total. The Balaban J connectivity index is 1.70. The van der Waals surface area contributed by atoms with Gasteiger partial charge in [-0.3, -0.25) is 9.36 Å². The van der Waals surface area contributed by atoms with Crippen molar-refractivity contribution in [3.63, 3.8) is 0 Å². The average Bonchev–Trinajstić information content (AvgIpc) is 3.45. The molecule has 10 heteroatoms. The number of hydrogen-bond acceptors (Lipinski definition) is 8.